The van der Waals surface area contributed by atoms with Crippen LogP contribution in [0.25, 0.3) is 11.5 Å². The van der Waals surface area contributed by atoms with Crippen LogP contribution in [0.5, 0.6) is 0 Å². The molecule has 110 valence electrons. The van der Waals surface area contributed by atoms with Gasteiger partial charge in [0.2, 0.25) is 0 Å². The standard InChI is InChI=1S/C16H20N4O/c1-11-14-8-17-7-13(14)9-20(11)10-15-18-16(21-19-15)12-5-3-2-4-6-12/h2-6,11,13-14,17H,7-10H2,1H3. The summed E-state index contributed by atoms with van der Waals surface area (Å²) in [6, 6.07) is 10.5. The Kier molecular flexibility index (Phi) is 3.24. The molecule has 2 aliphatic rings. The molecule has 0 radical (unpaired) electrons. The third-order valence-corrected chi connectivity index (χ3v) is 4.89. The lowest BCUT2D eigenvalue weighted by molar-refractivity contribution is 0.223. The number of nitrogens with zero attached hydrogens (tertiary/aromatic N) is 3. The zero-order chi connectivity index (χ0) is 14.2. The Morgan fingerprint density at radius 2 is 2.14 bits per heavy atom. The number of benzene rings is 1. The molecule has 21 heavy (non-hydrogen) atoms. The van der Waals surface area contributed by atoms with E-state index in [1.807, 2.05) is 30.3 Å². The van der Waals surface area contributed by atoms with Crippen molar-refractivity contribution >= 4 is 0 Å². The topological polar surface area (TPSA) is 54.2 Å². The van der Waals surface area contributed by atoms with Gasteiger partial charge in [0, 0.05) is 18.2 Å². The molecule has 1 N–H and O–H groups in total. The SMILES string of the molecule is CC1C2CNCC2CN1Cc1noc(-c2ccccc2)n1. The summed E-state index contributed by atoms with van der Waals surface area (Å²) in [6.07, 6.45) is 0. The van der Waals surface area contributed by atoms with Gasteiger partial charge in [0.05, 0.1) is 6.54 Å². The van der Waals surface area contributed by atoms with Gasteiger partial charge in [-0.2, -0.15) is 4.98 Å². The van der Waals surface area contributed by atoms with Crippen LogP contribution in [0.4, 0.5) is 0 Å². The Labute approximate surface area is 124 Å². The number of likely N-dealkylation sites (tertiary alicyclic amines) is 1. The van der Waals surface area contributed by atoms with Gasteiger partial charge in [-0.3, -0.25) is 4.90 Å². The Hall–Kier alpha value is -1.72. The number of nitrogens with one attached hydrogen (secondary N) is 1. The minimum atomic E-state index is 0.587. The van der Waals surface area contributed by atoms with Gasteiger partial charge in [-0.1, -0.05) is 23.4 Å². The predicted octanol–water partition coefficient (Wildman–Crippen LogP) is 1.78. The molecule has 0 amide bonds. The maximum absolute atomic E-state index is 5.39. The molecule has 5 nitrogen and oxygen atoms in total. The van der Waals surface area contributed by atoms with Gasteiger partial charge in [0.1, 0.15) is 0 Å². The molecule has 3 heterocycles. The van der Waals surface area contributed by atoms with Crippen LogP contribution >= 0.6 is 0 Å². The molecule has 1 aromatic heterocycles. The van der Waals surface area contributed by atoms with Crippen LogP contribution in [0, 0.1) is 11.8 Å². The van der Waals surface area contributed by atoms with E-state index in [-0.39, 0.29) is 0 Å². The maximum Gasteiger partial charge on any atom is 0.257 e. The predicted molar refractivity (Wildman–Crippen MR) is 79.5 cm³/mol. The molecule has 0 aliphatic carbocycles. The zero-order valence-corrected chi connectivity index (χ0v) is 12.2. The van der Waals surface area contributed by atoms with Gasteiger partial charge in [-0.25, -0.2) is 0 Å². The molecule has 2 saturated heterocycles. The summed E-state index contributed by atoms with van der Waals surface area (Å²) in [6.45, 7) is 6.52. The summed E-state index contributed by atoms with van der Waals surface area (Å²) < 4.78 is 5.39. The van der Waals surface area contributed by atoms with E-state index >= 15 is 0 Å². The van der Waals surface area contributed by atoms with Gasteiger partial charge in [-0.15, -0.1) is 0 Å². The van der Waals surface area contributed by atoms with Gasteiger partial charge in [0.15, 0.2) is 5.82 Å². The zero-order valence-electron chi connectivity index (χ0n) is 12.2. The molecule has 2 aromatic rings. The van der Waals surface area contributed by atoms with Crippen LogP contribution in [0.3, 0.4) is 0 Å². The van der Waals surface area contributed by atoms with E-state index in [9.17, 15) is 0 Å². The average Bonchev–Trinajstić information content (AvgIpc) is 3.21. The van der Waals surface area contributed by atoms with Crippen molar-refractivity contribution in [1.82, 2.24) is 20.4 Å². The van der Waals surface area contributed by atoms with Crippen molar-refractivity contribution < 1.29 is 4.52 Å². The highest BCUT2D eigenvalue weighted by Gasteiger charge is 2.41. The lowest BCUT2D eigenvalue weighted by Crippen LogP contribution is -2.33. The van der Waals surface area contributed by atoms with Crippen molar-refractivity contribution in [1.29, 1.82) is 0 Å². The number of rotatable bonds is 3. The number of fused-ring (bicyclic) bond motifs is 1. The molecule has 0 saturated carbocycles. The minimum absolute atomic E-state index is 0.587. The first-order valence-electron chi connectivity index (χ1n) is 7.64. The lowest BCUT2D eigenvalue weighted by atomic mass is 9.95. The third-order valence-electron chi connectivity index (χ3n) is 4.89. The number of hydrogen-bond donors (Lipinski definition) is 1. The van der Waals surface area contributed by atoms with E-state index in [0.29, 0.717) is 11.9 Å². The second kappa shape index (κ2) is 5.24. The number of aromatic nitrogens is 2. The van der Waals surface area contributed by atoms with Crippen LogP contribution in [-0.4, -0.2) is 40.7 Å². The third kappa shape index (κ3) is 2.36. The molecular weight excluding hydrogens is 264 g/mol. The molecule has 5 heteroatoms. The fourth-order valence-electron chi connectivity index (χ4n) is 3.66. The number of hydrogen-bond acceptors (Lipinski definition) is 5. The van der Waals surface area contributed by atoms with Crippen LogP contribution < -0.4 is 5.32 Å². The van der Waals surface area contributed by atoms with E-state index in [2.05, 4.69) is 27.3 Å². The van der Waals surface area contributed by atoms with Crippen molar-refractivity contribution in [2.75, 3.05) is 19.6 Å². The van der Waals surface area contributed by atoms with Crippen LogP contribution in [-0.2, 0) is 6.54 Å². The summed E-state index contributed by atoms with van der Waals surface area (Å²) in [5, 5.41) is 7.63. The maximum atomic E-state index is 5.39. The summed E-state index contributed by atoms with van der Waals surface area (Å²) in [5.74, 6) is 2.94. The normalized spacial score (nSPS) is 28.9. The quantitative estimate of drug-likeness (QED) is 0.931. The molecule has 3 unspecified atom stereocenters. The second-order valence-electron chi connectivity index (χ2n) is 6.13. The Morgan fingerprint density at radius 3 is 2.95 bits per heavy atom. The Morgan fingerprint density at radius 1 is 1.29 bits per heavy atom. The summed E-state index contributed by atoms with van der Waals surface area (Å²) >= 11 is 0. The smallest absolute Gasteiger partial charge is 0.257 e. The Bertz CT molecular complexity index is 612. The first-order valence-corrected chi connectivity index (χ1v) is 7.64. The van der Waals surface area contributed by atoms with Gasteiger partial charge < -0.3 is 9.84 Å². The van der Waals surface area contributed by atoms with Crippen molar-refractivity contribution in [3.63, 3.8) is 0 Å². The molecule has 0 bridgehead atoms. The van der Waals surface area contributed by atoms with Gasteiger partial charge in [-0.05, 0) is 44.0 Å². The Balaban J connectivity index is 1.48. The molecule has 2 aliphatic heterocycles. The van der Waals surface area contributed by atoms with E-state index in [1.54, 1.807) is 0 Å². The average molecular weight is 284 g/mol. The van der Waals surface area contributed by atoms with Crippen LogP contribution in [0.1, 0.15) is 12.7 Å². The van der Waals surface area contributed by atoms with Crippen molar-refractivity contribution in [3.05, 3.63) is 36.2 Å². The molecule has 1 aromatic carbocycles. The summed E-state index contributed by atoms with van der Waals surface area (Å²) in [5.41, 5.74) is 0.979. The molecule has 0 spiro atoms. The van der Waals surface area contributed by atoms with Crippen LogP contribution in [0.2, 0.25) is 0 Å². The molecular formula is C16H20N4O. The van der Waals surface area contributed by atoms with Gasteiger partial charge in [0.25, 0.3) is 5.89 Å². The first kappa shape index (κ1) is 13.0. The molecule has 2 fully saturated rings. The highest BCUT2D eigenvalue weighted by atomic mass is 16.5. The fraction of sp³-hybridized carbons (Fsp3) is 0.500. The van der Waals surface area contributed by atoms with Crippen molar-refractivity contribution in [3.8, 4) is 11.5 Å². The fourth-order valence-corrected chi connectivity index (χ4v) is 3.66. The van der Waals surface area contributed by atoms with E-state index in [1.165, 1.54) is 0 Å². The van der Waals surface area contributed by atoms with E-state index in [4.69, 9.17) is 4.52 Å². The van der Waals surface area contributed by atoms with Gasteiger partial charge >= 0.3 is 0 Å². The second-order valence-corrected chi connectivity index (χ2v) is 6.13. The monoisotopic (exact) mass is 284 g/mol. The van der Waals surface area contributed by atoms with Crippen molar-refractivity contribution in [2.24, 2.45) is 11.8 Å². The summed E-state index contributed by atoms with van der Waals surface area (Å²) in [7, 11) is 0. The minimum Gasteiger partial charge on any atom is -0.334 e. The molecule has 3 atom stereocenters. The van der Waals surface area contributed by atoms with E-state index < -0.39 is 0 Å². The first-order chi connectivity index (χ1) is 10.3. The van der Waals surface area contributed by atoms with Crippen molar-refractivity contribution in [2.45, 2.75) is 19.5 Å². The lowest BCUT2D eigenvalue weighted by Gasteiger charge is -2.22. The highest BCUT2D eigenvalue weighted by molar-refractivity contribution is 5.51. The highest BCUT2D eigenvalue weighted by Crippen LogP contribution is 2.33. The summed E-state index contributed by atoms with van der Waals surface area (Å²) in [4.78, 5) is 7.02. The van der Waals surface area contributed by atoms with Crippen LogP contribution in [0.15, 0.2) is 34.9 Å². The largest absolute Gasteiger partial charge is 0.334 e. The molecule has 4 rings (SSSR count). The van der Waals surface area contributed by atoms with E-state index in [0.717, 1.165) is 49.4 Å².